The van der Waals surface area contributed by atoms with Gasteiger partial charge in [-0.1, -0.05) is 23.4 Å². The Bertz CT molecular complexity index is 753. The van der Waals surface area contributed by atoms with Crippen LogP contribution >= 0.6 is 0 Å². The molecule has 0 amide bonds. The maximum atomic E-state index is 12.0. The molecule has 0 saturated carbocycles. The number of carbonyl (C=O) groups is 1. The number of aromatic nitrogens is 3. The highest BCUT2D eigenvalue weighted by molar-refractivity contribution is 5.94. The van der Waals surface area contributed by atoms with Crippen molar-refractivity contribution in [2.75, 3.05) is 0 Å². The molecule has 6 nitrogen and oxygen atoms in total. The fourth-order valence-electron chi connectivity index (χ4n) is 1.86. The first kappa shape index (κ1) is 12.3. The van der Waals surface area contributed by atoms with Crippen molar-refractivity contribution in [1.82, 2.24) is 15.0 Å². The lowest BCUT2D eigenvalue weighted by Gasteiger charge is -2.04. The third-order valence-corrected chi connectivity index (χ3v) is 2.84. The van der Waals surface area contributed by atoms with E-state index in [0.717, 1.165) is 0 Å². The second-order valence-electron chi connectivity index (χ2n) is 4.14. The second kappa shape index (κ2) is 5.10. The lowest BCUT2D eigenvalue weighted by Crippen LogP contribution is -2.08. The number of hydrogen-bond acceptors (Lipinski definition) is 5. The molecule has 0 atom stereocenters. The van der Waals surface area contributed by atoms with E-state index < -0.39 is 5.97 Å². The number of para-hydroxylation sites is 1. The minimum Gasteiger partial charge on any atom is -0.423 e. The molecule has 2 aromatic carbocycles. The predicted octanol–water partition coefficient (Wildman–Crippen LogP) is 1.60. The molecular weight excluding hydrogens is 258 g/mol. The van der Waals surface area contributed by atoms with E-state index >= 15 is 0 Å². The van der Waals surface area contributed by atoms with Gasteiger partial charge in [0, 0.05) is 0 Å². The first-order chi connectivity index (χ1) is 9.78. The topological polar surface area (TPSA) is 77.2 Å². The molecule has 0 bridgehead atoms. The van der Waals surface area contributed by atoms with Crippen LogP contribution in [0.3, 0.4) is 0 Å². The summed E-state index contributed by atoms with van der Waals surface area (Å²) in [5.41, 5.74) is 1.57. The quantitative estimate of drug-likeness (QED) is 0.577. The van der Waals surface area contributed by atoms with Crippen LogP contribution in [-0.2, 0) is 6.73 Å². The zero-order chi connectivity index (χ0) is 13.9. The molecule has 100 valence electrons. The van der Waals surface area contributed by atoms with Crippen molar-refractivity contribution in [2.24, 2.45) is 0 Å². The number of carbonyl (C=O) groups excluding carboxylic acids is 1. The van der Waals surface area contributed by atoms with Gasteiger partial charge in [0.2, 0.25) is 0 Å². The van der Waals surface area contributed by atoms with Crippen molar-refractivity contribution >= 4 is 17.0 Å². The van der Waals surface area contributed by atoms with E-state index in [1.165, 1.54) is 4.68 Å². The fraction of sp³-hybridized carbons (Fsp3) is 0.0714. The summed E-state index contributed by atoms with van der Waals surface area (Å²) in [6.07, 6.45) is 0. The Hall–Kier alpha value is -2.73. The molecule has 1 aromatic heterocycles. The molecule has 0 aliphatic heterocycles. The molecular formula is C14H11N3O3. The van der Waals surface area contributed by atoms with E-state index in [9.17, 15) is 4.79 Å². The van der Waals surface area contributed by atoms with Crippen LogP contribution in [0, 0.1) is 0 Å². The number of fused-ring (bicyclic) bond motifs is 1. The summed E-state index contributed by atoms with van der Waals surface area (Å²) in [6.45, 7) is -0.260. The van der Waals surface area contributed by atoms with Crippen molar-refractivity contribution < 1.29 is 14.6 Å². The number of nitrogens with zero attached hydrogens (tertiary/aromatic N) is 3. The SMILES string of the molecule is O=C(Oc1ccccc1)c1ccc2c(c1)nnn2CO. The monoisotopic (exact) mass is 269 g/mol. The van der Waals surface area contributed by atoms with E-state index in [1.54, 1.807) is 42.5 Å². The molecule has 0 spiro atoms. The average Bonchev–Trinajstić information content (AvgIpc) is 2.90. The highest BCUT2D eigenvalue weighted by Gasteiger charge is 2.11. The summed E-state index contributed by atoms with van der Waals surface area (Å²) in [6, 6.07) is 13.7. The van der Waals surface area contributed by atoms with Gasteiger partial charge in [0.25, 0.3) is 0 Å². The Morgan fingerprint density at radius 3 is 2.75 bits per heavy atom. The predicted molar refractivity (Wildman–Crippen MR) is 71.1 cm³/mol. The summed E-state index contributed by atoms with van der Waals surface area (Å²) >= 11 is 0. The number of benzene rings is 2. The summed E-state index contributed by atoms with van der Waals surface area (Å²) < 4.78 is 6.57. The van der Waals surface area contributed by atoms with Crippen molar-refractivity contribution in [1.29, 1.82) is 0 Å². The molecule has 0 saturated heterocycles. The van der Waals surface area contributed by atoms with Crippen molar-refractivity contribution in [2.45, 2.75) is 6.73 Å². The van der Waals surface area contributed by atoms with Crippen molar-refractivity contribution in [3.63, 3.8) is 0 Å². The maximum absolute atomic E-state index is 12.0. The fourth-order valence-corrected chi connectivity index (χ4v) is 1.86. The molecule has 0 radical (unpaired) electrons. The van der Waals surface area contributed by atoms with Gasteiger partial charge in [-0.3, -0.25) is 0 Å². The molecule has 3 aromatic rings. The average molecular weight is 269 g/mol. The Balaban J connectivity index is 1.88. The van der Waals surface area contributed by atoms with Crippen LogP contribution in [0.15, 0.2) is 48.5 Å². The third kappa shape index (κ3) is 2.24. The highest BCUT2D eigenvalue weighted by Crippen LogP contribution is 2.16. The largest absolute Gasteiger partial charge is 0.423 e. The van der Waals surface area contributed by atoms with Gasteiger partial charge in [0.1, 0.15) is 18.0 Å². The standard InChI is InChI=1S/C14H11N3O3/c18-9-17-13-7-6-10(8-12(13)15-16-17)14(19)20-11-4-2-1-3-5-11/h1-8,18H,9H2. The molecule has 20 heavy (non-hydrogen) atoms. The minimum absolute atomic E-state index is 0.260. The van der Waals surface area contributed by atoms with Gasteiger partial charge in [0.05, 0.1) is 11.1 Å². The smallest absolute Gasteiger partial charge is 0.343 e. The Morgan fingerprint density at radius 2 is 2.00 bits per heavy atom. The molecule has 1 N–H and O–H groups in total. The molecule has 0 unspecified atom stereocenters. The minimum atomic E-state index is -0.461. The summed E-state index contributed by atoms with van der Waals surface area (Å²) in [5.74, 6) is 0.0215. The first-order valence-corrected chi connectivity index (χ1v) is 5.99. The number of rotatable bonds is 3. The normalized spacial score (nSPS) is 10.7. The molecule has 0 fully saturated rings. The van der Waals surface area contributed by atoms with E-state index in [-0.39, 0.29) is 6.73 Å². The lowest BCUT2D eigenvalue weighted by atomic mass is 10.2. The van der Waals surface area contributed by atoms with Crippen LogP contribution in [0.5, 0.6) is 5.75 Å². The summed E-state index contributed by atoms with van der Waals surface area (Å²) in [4.78, 5) is 12.0. The van der Waals surface area contributed by atoms with Crippen LogP contribution in [0.4, 0.5) is 0 Å². The molecule has 0 aliphatic carbocycles. The summed E-state index contributed by atoms with van der Waals surface area (Å²) in [5, 5.41) is 16.7. The number of esters is 1. The number of aliphatic hydroxyl groups is 1. The Morgan fingerprint density at radius 1 is 1.20 bits per heavy atom. The Kier molecular flexibility index (Phi) is 3.14. The number of hydrogen-bond donors (Lipinski definition) is 1. The van der Waals surface area contributed by atoms with Crippen LogP contribution < -0.4 is 4.74 Å². The summed E-state index contributed by atoms with van der Waals surface area (Å²) in [7, 11) is 0. The van der Waals surface area contributed by atoms with Crippen LogP contribution in [0.25, 0.3) is 11.0 Å². The van der Waals surface area contributed by atoms with E-state index in [0.29, 0.717) is 22.3 Å². The van der Waals surface area contributed by atoms with Gasteiger partial charge in [0.15, 0.2) is 0 Å². The maximum Gasteiger partial charge on any atom is 0.343 e. The highest BCUT2D eigenvalue weighted by atomic mass is 16.5. The van der Waals surface area contributed by atoms with Crippen molar-refractivity contribution in [3.05, 3.63) is 54.1 Å². The first-order valence-electron chi connectivity index (χ1n) is 5.99. The van der Waals surface area contributed by atoms with Gasteiger partial charge in [-0.05, 0) is 30.3 Å². The van der Waals surface area contributed by atoms with Crippen LogP contribution in [-0.4, -0.2) is 26.1 Å². The molecule has 6 heteroatoms. The third-order valence-electron chi connectivity index (χ3n) is 2.84. The van der Waals surface area contributed by atoms with E-state index in [1.807, 2.05) is 6.07 Å². The number of ether oxygens (including phenoxy) is 1. The van der Waals surface area contributed by atoms with Crippen molar-refractivity contribution in [3.8, 4) is 5.75 Å². The van der Waals surface area contributed by atoms with Gasteiger partial charge in [-0.15, -0.1) is 5.10 Å². The molecule has 0 aliphatic rings. The molecule has 1 heterocycles. The zero-order valence-corrected chi connectivity index (χ0v) is 10.4. The van der Waals surface area contributed by atoms with Gasteiger partial charge in [-0.25, -0.2) is 9.48 Å². The van der Waals surface area contributed by atoms with Gasteiger partial charge < -0.3 is 9.84 Å². The second-order valence-corrected chi connectivity index (χ2v) is 4.14. The van der Waals surface area contributed by atoms with E-state index in [4.69, 9.17) is 9.84 Å². The number of aliphatic hydroxyl groups excluding tert-OH is 1. The lowest BCUT2D eigenvalue weighted by molar-refractivity contribution is 0.0735. The van der Waals surface area contributed by atoms with E-state index in [2.05, 4.69) is 10.3 Å². The van der Waals surface area contributed by atoms with Gasteiger partial charge >= 0.3 is 5.97 Å². The van der Waals surface area contributed by atoms with Crippen LogP contribution in [0.1, 0.15) is 10.4 Å². The van der Waals surface area contributed by atoms with Crippen LogP contribution in [0.2, 0.25) is 0 Å². The zero-order valence-electron chi connectivity index (χ0n) is 10.4. The van der Waals surface area contributed by atoms with Gasteiger partial charge in [-0.2, -0.15) is 0 Å². The Labute approximate surface area is 114 Å². The molecule has 3 rings (SSSR count).